The van der Waals surface area contributed by atoms with Crippen LogP contribution in [0.1, 0.15) is 45.4 Å². The van der Waals surface area contributed by atoms with Gasteiger partial charge in [-0.15, -0.1) is 12.4 Å². The standard InChI is InChI=1S/C15H26FN3O2.ClH/c1-2-7-15(12-5-9-17-10-6-12)13(20)19(14(21)18-15)11-4-3-8-16;/h12,17H,2-11H2,1H3,(H,18,21);1H. The third-order valence-corrected chi connectivity index (χ3v) is 4.65. The van der Waals surface area contributed by atoms with E-state index < -0.39 is 12.2 Å². The van der Waals surface area contributed by atoms with Crippen molar-refractivity contribution in [2.24, 2.45) is 5.92 Å². The number of urea groups is 1. The van der Waals surface area contributed by atoms with Crippen LogP contribution in [0.15, 0.2) is 0 Å². The number of piperidine rings is 1. The van der Waals surface area contributed by atoms with Gasteiger partial charge in [-0.3, -0.25) is 14.1 Å². The Hall–Kier alpha value is -0.880. The number of nitrogens with one attached hydrogen (secondary N) is 2. The summed E-state index contributed by atoms with van der Waals surface area (Å²) < 4.78 is 12.2. The van der Waals surface area contributed by atoms with Gasteiger partial charge in [0.25, 0.3) is 5.91 Å². The molecule has 1 atom stereocenters. The fraction of sp³-hybridized carbons (Fsp3) is 0.867. The number of hydrogen-bond donors (Lipinski definition) is 2. The topological polar surface area (TPSA) is 61.4 Å². The van der Waals surface area contributed by atoms with Gasteiger partial charge in [0.1, 0.15) is 5.54 Å². The minimum absolute atomic E-state index is 0. The number of unbranched alkanes of at least 4 members (excludes halogenated alkanes) is 1. The first kappa shape index (κ1) is 19.2. The molecule has 0 aliphatic carbocycles. The van der Waals surface area contributed by atoms with E-state index in [0.717, 1.165) is 32.4 Å². The van der Waals surface area contributed by atoms with E-state index in [1.165, 1.54) is 4.90 Å². The molecule has 0 bridgehead atoms. The van der Waals surface area contributed by atoms with Gasteiger partial charge in [0, 0.05) is 6.54 Å². The fourth-order valence-corrected chi connectivity index (χ4v) is 3.57. The van der Waals surface area contributed by atoms with Crippen molar-refractivity contribution in [3.05, 3.63) is 0 Å². The van der Waals surface area contributed by atoms with Crippen LogP contribution in [0.2, 0.25) is 0 Å². The summed E-state index contributed by atoms with van der Waals surface area (Å²) in [7, 11) is 0. The SMILES string of the molecule is CCCC1(C2CCNCC2)NC(=O)N(CCCCF)C1=O.Cl. The Morgan fingerprint density at radius 2 is 1.95 bits per heavy atom. The summed E-state index contributed by atoms with van der Waals surface area (Å²) in [6.07, 6.45) is 4.28. The lowest BCUT2D eigenvalue weighted by Gasteiger charge is -2.37. The fourth-order valence-electron chi connectivity index (χ4n) is 3.57. The second-order valence-electron chi connectivity index (χ2n) is 6.03. The Morgan fingerprint density at radius 1 is 1.27 bits per heavy atom. The lowest BCUT2D eigenvalue weighted by molar-refractivity contribution is -0.134. The van der Waals surface area contributed by atoms with E-state index >= 15 is 0 Å². The maximum atomic E-state index is 12.8. The molecule has 2 N–H and O–H groups in total. The molecule has 2 aliphatic rings. The van der Waals surface area contributed by atoms with Gasteiger partial charge in [0.05, 0.1) is 6.67 Å². The highest BCUT2D eigenvalue weighted by atomic mass is 35.5. The molecule has 0 aromatic carbocycles. The van der Waals surface area contributed by atoms with E-state index in [1.807, 2.05) is 6.92 Å². The number of carbonyl (C=O) groups is 2. The van der Waals surface area contributed by atoms with Crippen LogP contribution in [0, 0.1) is 5.92 Å². The van der Waals surface area contributed by atoms with Crippen molar-refractivity contribution in [2.45, 2.75) is 51.0 Å². The molecule has 2 rings (SSSR count). The number of amides is 3. The van der Waals surface area contributed by atoms with Crippen molar-refractivity contribution in [3.8, 4) is 0 Å². The minimum atomic E-state index is -0.732. The molecule has 3 amide bonds. The van der Waals surface area contributed by atoms with Gasteiger partial charge in [0.15, 0.2) is 0 Å². The second kappa shape index (κ2) is 8.67. The van der Waals surface area contributed by atoms with Crippen LogP contribution in [0.4, 0.5) is 9.18 Å². The van der Waals surface area contributed by atoms with Crippen LogP contribution in [-0.4, -0.2) is 48.7 Å². The molecule has 7 heteroatoms. The highest BCUT2D eigenvalue weighted by Gasteiger charge is 2.54. The Morgan fingerprint density at radius 3 is 2.55 bits per heavy atom. The summed E-state index contributed by atoms with van der Waals surface area (Å²) in [5, 5.41) is 6.28. The number of carbonyl (C=O) groups excluding carboxylic acids is 2. The molecule has 2 saturated heterocycles. The third kappa shape index (κ3) is 3.71. The smallest absolute Gasteiger partial charge is 0.323 e. The summed E-state index contributed by atoms with van der Waals surface area (Å²) in [6, 6.07) is -0.300. The number of hydrogen-bond acceptors (Lipinski definition) is 3. The molecule has 128 valence electrons. The summed E-state index contributed by atoms with van der Waals surface area (Å²) in [5.74, 6) is 0.0985. The first-order valence-corrected chi connectivity index (χ1v) is 8.06. The summed E-state index contributed by atoms with van der Waals surface area (Å²) in [4.78, 5) is 26.3. The Balaban J connectivity index is 0.00000242. The Labute approximate surface area is 137 Å². The zero-order valence-corrected chi connectivity index (χ0v) is 14.0. The van der Waals surface area contributed by atoms with Crippen LogP contribution < -0.4 is 10.6 Å². The number of halogens is 2. The van der Waals surface area contributed by atoms with Gasteiger partial charge in [-0.05, 0) is 51.1 Å². The van der Waals surface area contributed by atoms with E-state index in [0.29, 0.717) is 25.8 Å². The molecule has 0 spiro atoms. The minimum Gasteiger partial charge on any atom is -0.323 e. The average molecular weight is 336 g/mol. The average Bonchev–Trinajstić information content (AvgIpc) is 2.74. The second-order valence-corrected chi connectivity index (χ2v) is 6.03. The van der Waals surface area contributed by atoms with E-state index in [1.54, 1.807) is 0 Å². The van der Waals surface area contributed by atoms with E-state index in [4.69, 9.17) is 0 Å². The van der Waals surface area contributed by atoms with Crippen LogP contribution in [0.5, 0.6) is 0 Å². The van der Waals surface area contributed by atoms with Gasteiger partial charge in [-0.25, -0.2) is 4.79 Å². The van der Waals surface area contributed by atoms with Crippen LogP contribution >= 0.6 is 12.4 Å². The Bertz CT molecular complexity index is 391. The first-order chi connectivity index (χ1) is 10.2. The van der Waals surface area contributed by atoms with E-state index in [-0.39, 0.29) is 30.3 Å². The molecule has 0 saturated carbocycles. The predicted molar refractivity (Wildman–Crippen MR) is 85.9 cm³/mol. The van der Waals surface area contributed by atoms with Crippen molar-refractivity contribution in [2.75, 3.05) is 26.3 Å². The first-order valence-electron chi connectivity index (χ1n) is 8.06. The zero-order valence-electron chi connectivity index (χ0n) is 13.2. The van der Waals surface area contributed by atoms with Gasteiger partial charge in [-0.1, -0.05) is 13.3 Å². The van der Waals surface area contributed by atoms with E-state index in [9.17, 15) is 14.0 Å². The number of imide groups is 1. The summed E-state index contributed by atoms with van der Waals surface area (Å²) in [6.45, 7) is 3.74. The number of alkyl halides is 1. The molecule has 2 heterocycles. The van der Waals surface area contributed by atoms with Crippen molar-refractivity contribution in [3.63, 3.8) is 0 Å². The molecular weight excluding hydrogens is 309 g/mol. The summed E-state index contributed by atoms with van der Waals surface area (Å²) >= 11 is 0. The van der Waals surface area contributed by atoms with Crippen LogP contribution in [0.3, 0.4) is 0 Å². The molecule has 0 aromatic heterocycles. The lowest BCUT2D eigenvalue weighted by atomic mass is 9.75. The normalized spacial score (nSPS) is 26.0. The van der Waals surface area contributed by atoms with Gasteiger partial charge in [-0.2, -0.15) is 0 Å². The number of rotatable bonds is 7. The van der Waals surface area contributed by atoms with Gasteiger partial charge >= 0.3 is 6.03 Å². The predicted octanol–water partition coefficient (Wildman–Crippen LogP) is 2.25. The molecule has 0 aromatic rings. The molecular formula is C15H27ClFN3O2. The van der Waals surface area contributed by atoms with Crippen molar-refractivity contribution in [1.29, 1.82) is 0 Å². The molecule has 0 radical (unpaired) electrons. The lowest BCUT2D eigenvalue weighted by Crippen LogP contribution is -2.55. The quantitative estimate of drug-likeness (QED) is 0.554. The molecule has 22 heavy (non-hydrogen) atoms. The van der Waals surface area contributed by atoms with Gasteiger partial charge < -0.3 is 10.6 Å². The van der Waals surface area contributed by atoms with Gasteiger partial charge in [0.2, 0.25) is 0 Å². The maximum Gasteiger partial charge on any atom is 0.325 e. The van der Waals surface area contributed by atoms with Crippen molar-refractivity contribution < 1.29 is 14.0 Å². The highest BCUT2D eigenvalue weighted by molar-refractivity contribution is 6.07. The maximum absolute atomic E-state index is 12.8. The van der Waals surface area contributed by atoms with Crippen molar-refractivity contribution in [1.82, 2.24) is 15.5 Å². The van der Waals surface area contributed by atoms with Crippen LogP contribution in [-0.2, 0) is 4.79 Å². The monoisotopic (exact) mass is 335 g/mol. The molecule has 2 fully saturated rings. The van der Waals surface area contributed by atoms with Crippen LogP contribution in [0.25, 0.3) is 0 Å². The molecule has 5 nitrogen and oxygen atoms in total. The van der Waals surface area contributed by atoms with E-state index in [2.05, 4.69) is 10.6 Å². The summed E-state index contributed by atoms with van der Waals surface area (Å²) in [5.41, 5.74) is -0.732. The Kier molecular flexibility index (Phi) is 7.56. The molecule has 1 unspecified atom stereocenters. The molecule has 2 aliphatic heterocycles. The zero-order chi connectivity index (χ0) is 15.3. The number of nitrogens with zero attached hydrogens (tertiary/aromatic N) is 1. The largest absolute Gasteiger partial charge is 0.325 e. The highest BCUT2D eigenvalue weighted by Crippen LogP contribution is 2.35. The third-order valence-electron chi connectivity index (χ3n) is 4.65. The van der Waals surface area contributed by atoms with Crippen molar-refractivity contribution >= 4 is 24.3 Å².